The van der Waals surface area contributed by atoms with E-state index in [4.69, 9.17) is 9.72 Å². The Kier molecular flexibility index (Phi) is 6.66. The van der Waals surface area contributed by atoms with Gasteiger partial charge in [-0.3, -0.25) is 9.69 Å². The predicted octanol–water partition coefficient (Wildman–Crippen LogP) is 6.60. The Balaban J connectivity index is 1.81. The Labute approximate surface area is 193 Å². The van der Waals surface area contributed by atoms with Gasteiger partial charge in [-0.05, 0) is 31.0 Å². The molecule has 32 heavy (non-hydrogen) atoms. The molecule has 0 N–H and O–H groups in total. The lowest BCUT2D eigenvalue weighted by molar-refractivity contribution is -0.117. The minimum absolute atomic E-state index is 0.0486. The Morgan fingerprint density at radius 1 is 0.969 bits per heavy atom. The standard InChI is InChI=1S/C27H26N2O2S/c1-4-24-26(21-16-14-19(2)15-17-21)28-27(32-24)29(22-12-8-9-13-23(22)31-3)25(30)18-20-10-6-5-7-11-20/h5-17H,4,18H2,1-3H3. The van der Waals surface area contributed by atoms with Crippen molar-refractivity contribution in [1.82, 2.24) is 4.98 Å². The van der Waals surface area contributed by atoms with Crippen LogP contribution < -0.4 is 9.64 Å². The molecule has 3 aromatic carbocycles. The van der Waals surface area contributed by atoms with Gasteiger partial charge in [-0.25, -0.2) is 4.98 Å². The molecule has 4 rings (SSSR count). The highest BCUT2D eigenvalue weighted by atomic mass is 32.1. The van der Waals surface area contributed by atoms with E-state index in [-0.39, 0.29) is 12.3 Å². The highest BCUT2D eigenvalue weighted by Crippen LogP contribution is 2.40. The van der Waals surface area contributed by atoms with Crippen LogP contribution in [0.5, 0.6) is 5.75 Å². The number of carbonyl (C=O) groups is 1. The van der Waals surface area contributed by atoms with Crippen molar-refractivity contribution in [2.45, 2.75) is 26.7 Å². The summed E-state index contributed by atoms with van der Waals surface area (Å²) < 4.78 is 5.59. The summed E-state index contributed by atoms with van der Waals surface area (Å²) in [6.45, 7) is 4.19. The number of anilines is 2. The van der Waals surface area contributed by atoms with Gasteiger partial charge in [-0.15, -0.1) is 11.3 Å². The van der Waals surface area contributed by atoms with Gasteiger partial charge >= 0.3 is 0 Å². The molecule has 0 bridgehead atoms. The van der Waals surface area contributed by atoms with Crippen molar-refractivity contribution in [3.8, 4) is 17.0 Å². The highest BCUT2D eigenvalue weighted by molar-refractivity contribution is 7.16. The first-order valence-corrected chi connectivity index (χ1v) is 11.5. The Bertz CT molecular complexity index is 1200. The average molecular weight is 443 g/mol. The van der Waals surface area contributed by atoms with Crippen LogP contribution in [-0.4, -0.2) is 18.0 Å². The van der Waals surface area contributed by atoms with E-state index in [1.54, 1.807) is 23.3 Å². The summed E-state index contributed by atoms with van der Waals surface area (Å²) in [7, 11) is 1.62. The lowest BCUT2D eigenvalue weighted by atomic mass is 10.1. The fraction of sp³-hybridized carbons (Fsp3) is 0.185. The molecule has 5 heteroatoms. The molecule has 4 nitrogen and oxygen atoms in total. The third-order valence-corrected chi connectivity index (χ3v) is 6.48. The molecule has 162 valence electrons. The van der Waals surface area contributed by atoms with E-state index in [0.717, 1.165) is 28.1 Å². The smallest absolute Gasteiger partial charge is 0.237 e. The van der Waals surface area contributed by atoms with Gasteiger partial charge in [0, 0.05) is 10.4 Å². The van der Waals surface area contributed by atoms with Crippen LogP contribution in [0.3, 0.4) is 0 Å². The quantitative estimate of drug-likeness (QED) is 0.324. The fourth-order valence-corrected chi connectivity index (χ4v) is 4.67. The van der Waals surface area contributed by atoms with Crippen molar-refractivity contribution in [3.63, 3.8) is 0 Å². The number of amides is 1. The average Bonchev–Trinajstić information content (AvgIpc) is 3.24. The number of aromatic nitrogens is 1. The Morgan fingerprint density at radius 3 is 2.34 bits per heavy atom. The molecule has 0 aliphatic heterocycles. The molecule has 0 aliphatic carbocycles. The zero-order chi connectivity index (χ0) is 22.5. The first-order chi connectivity index (χ1) is 15.6. The van der Waals surface area contributed by atoms with Crippen molar-refractivity contribution in [1.29, 1.82) is 0 Å². The number of nitrogens with zero attached hydrogens (tertiary/aromatic N) is 2. The van der Waals surface area contributed by atoms with Gasteiger partial charge < -0.3 is 4.74 Å². The van der Waals surface area contributed by atoms with E-state index < -0.39 is 0 Å². The second-order valence-electron chi connectivity index (χ2n) is 7.55. The molecule has 0 radical (unpaired) electrons. The number of rotatable bonds is 7. The molecular formula is C27H26N2O2S. The van der Waals surface area contributed by atoms with Crippen LogP contribution in [0.2, 0.25) is 0 Å². The Hall–Kier alpha value is -3.44. The van der Waals surface area contributed by atoms with Crippen LogP contribution in [0.1, 0.15) is 22.9 Å². The highest BCUT2D eigenvalue weighted by Gasteiger charge is 2.26. The summed E-state index contributed by atoms with van der Waals surface area (Å²) in [6.07, 6.45) is 1.12. The van der Waals surface area contributed by atoms with E-state index in [2.05, 4.69) is 38.1 Å². The van der Waals surface area contributed by atoms with Crippen LogP contribution in [0.15, 0.2) is 78.9 Å². The molecule has 0 saturated heterocycles. The monoisotopic (exact) mass is 442 g/mol. The van der Waals surface area contributed by atoms with Crippen molar-refractivity contribution in [2.75, 3.05) is 12.0 Å². The number of methoxy groups -OCH3 is 1. The van der Waals surface area contributed by atoms with Crippen molar-refractivity contribution in [3.05, 3.63) is 94.9 Å². The fourth-order valence-electron chi connectivity index (χ4n) is 3.62. The molecule has 4 aromatic rings. The van der Waals surface area contributed by atoms with Crippen LogP contribution in [0, 0.1) is 6.92 Å². The largest absolute Gasteiger partial charge is 0.495 e. The molecule has 0 spiro atoms. The van der Waals surface area contributed by atoms with Crippen LogP contribution in [0.4, 0.5) is 10.8 Å². The Morgan fingerprint density at radius 2 is 1.66 bits per heavy atom. The van der Waals surface area contributed by atoms with Crippen LogP contribution in [-0.2, 0) is 17.6 Å². The number of hydrogen-bond donors (Lipinski definition) is 0. The number of hydrogen-bond acceptors (Lipinski definition) is 4. The maximum absolute atomic E-state index is 13.6. The van der Waals surface area contributed by atoms with Gasteiger partial charge in [0.1, 0.15) is 5.75 Å². The van der Waals surface area contributed by atoms with E-state index >= 15 is 0 Å². The molecule has 0 fully saturated rings. The summed E-state index contributed by atoms with van der Waals surface area (Å²) >= 11 is 1.56. The maximum atomic E-state index is 13.6. The first-order valence-electron chi connectivity index (χ1n) is 10.7. The third-order valence-electron chi connectivity index (χ3n) is 5.30. The second-order valence-corrected chi connectivity index (χ2v) is 8.61. The van der Waals surface area contributed by atoms with Crippen LogP contribution >= 0.6 is 11.3 Å². The predicted molar refractivity (Wildman–Crippen MR) is 132 cm³/mol. The van der Waals surface area contributed by atoms with Gasteiger partial charge in [0.25, 0.3) is 0 Å². The summed E-state index contributed by atoms with van der Waals surface area (Å²) in [6, 6.07) is 25.7. The molecule has 0 atom stereocenters. The normalized spacial score (nSPS) is 10.7. The molecule has 0 aliphatic rings. The SMILES string of the molecule is CCc1sc(N(C(=O)Cc2ccccc2)c2ccccc2OC)nc1-c1ccc(C)cc1. The lowest BCUT2D eigenvalue weighted by Gasteiger charge is -2.22. The van der Waals surface area contributed by atoms with Gasteiger partial charge in [-0.2, -0.15) is 0 Å². The van der Waals surface area contributed by atoms with E-state index in [1.807, 2.05) is 54.6 Å². The van der Waals surface area contributed by atoms with E-state index in [9.17, 15) is 4.79 Å². The molecule has 1 heterocycles. The van der Waals surface area contributed by atoms with E-state index in [1.165, 1.54) is 5.56 Å². The number of carbonyl (C=O) groups excluding carboxylic acids is 1. The summed E-state index contributed by atoms with van der Waals surface area (Å²) in [5.74, 6) is 0.589. The van der Waals surface area contributed by atoms with Crippen molar-refractivity contribution in [2.24, 2.45) is 0 Å². The lowest BCUT2D eigenvalue weighted by Crippen LogP contribution is -2.28. The van der Waals surface area contributed by atoms with Gasteiger partial charge in [0.2, 0.25) is 5.91 Å². The number of thiazole rings is 1. The van der Waals surface area contributed by atoms with Crippen LogP contribution in [0.25, 0.3) is 11.3 Å². The number of ether oxygens (including phenoxy) is 1. The minimum Gasteiger partial charge on any atom is -0.495 e. The maximum Gasteiger partial charge on any atom is 0.237 e. The molecule has 1 aromatic heterocycles. The number of aryl methyl sites for hydroxylation is 2. The molecule has 0 saturated carbocycles. The minimum atomic E-state index is -0.0486. The zero-order valence-electron chi connectivity index (χ0n) is 18.5. The zero-order valence-corrected chi connectivity index (χ0v) is 19.4. The molecule has 0 unspecified atom stereocenters. The second kappa shape index (κ2) is 9.79. The molecule has 1 amide bonds. The summed E-state index contributed by atoms with van der Waals surface area (Å²) in [5.41, 5.74) is 4.85. The number of benzene rings is 3. The van der Waals surface area contributed by atoms with Crippen molar-refractivity contribution >= 4 is 28.1 Å². The van der Waals surface area contributed by atoms with E-state index in [0.29, 0.717) is 16.6 Å². The topological polar surface area (TPSA) is 42.4 Å². The summed E-state index contributed by atoms with van der Waals surface area (Å²) in [4.78, 5) is 21.4. The molecular weight excluding hydrogens is 416 g/mol. The van der Waals surface area contributed by atoms with Gasteiger partial charge in [-0.1, -0.05) is 79.2 Å². The van der Waals surface area contributed by atoms with Gasteiger partial charge in [0.15, 0.2) is 5.13 Å². The first kappa shape index (κ1) is 21.8. The third kappa shape index (κ3) is 4.58. The summed E-state index contributed by atoms with van der Waals surface area (Å²) in [5, 5.41) is 0.655. The number of para-hydroxylation sites is 2. The van der Waals surface area contributed by atoms with Crippen molar-refractivity contribution < 1.29 is 9.53 Å². The van der Waals surface area contributed by atoms with Gasteiger partial charge in [0.05, 0.1) is 24.9 Å².